The number of pyridine rings is 1. The molecule has 18 heteroatoms. The molecule has 1 aliphatic rings. The fourth-order valence-corrected chi connectivity index (χ4v) is 6.42. The minimum atomic E-state index is -4.44. The third-order valence-corrected chi connectivity index (χ3v) is 9.82. The Morgan fingerprint density at radius 1 is 1.04 bits per heavy atom. The Morgan fingerprint density at radius 2 is 1.74 bits per heavy atom. The summed E-state index contributed by atoms with van der Waals surface area (Å²) in [6.07, 6.45) is 1.58. The number of aliphatic carboxylic acids is 1. The minimum Gasteiger partial charge on any atom is -0.480 e. The molecular formula is C35H36F2N6O9S. The first-order chi connectivity index (χ1) is 24.9. The number of carbonyl (C=O) groups excluding carboxylic acids is 2. The Bertz CT molecular complexity index is 2320. The molecule has 3 heterocycles. The van der Waals surface area contributed by atoms with Gasteiger partial charge in [-0.05, 0) is 54.8 Å². The van der Waals surface area contributed by atoms with Crippen molar-refractivity contribution in [3.63, 3.8) is 0 Å². The molecule has 0 saturated carbocycles. The van der Waals surface area contributed by atoms with Crippen LogP contribution >= 0.6 is 0 Å². The molecule has 0 radical (unpaired) electrons. The van der Waals surface area contributed by atoms with E-state index < -0.39 is 67.5 Å². The second-order valence-corrected chi connectivity index (χ2v) is 15.0. The molecular weight excluding hydrogens is 718 g/mol. The van der Waals surface area contributed by atoms with Gasteiger partial charge in [-0.25, -0.2) is 36.3 Å². The van der Waals surface area contributed by atoms with Crippen LogP contribution in [-0.2, 0) is 50.8 Å². The Morgan fingerprint density at radius 3 is 2.36 bits per heavy atom. The lowest BCUT2D eigenvalue weighted by atomic mass is 9.95. The lowest BCUT2D eigenvalue weighted by Crippen LogP contribution is -2.43. The van der Waals surface area contributed by atoms with Crippen LogP contribution in [0, 0.1) is 17.0 Å². The Labute approximate surface area is 301 Å². The average Bonchev–Trinajstić information content (AvgIpc) is 3.10. The largest absolute Gasteiger partial charge is 0.480 e. The summed E-state index contributed by atoms with van der Waals surface area (Å²) in [5.74, 6) is -5.65. The molecule has 0 fully saturated rings. The van der Waals surface area contributed by atoms with Crippen LogP contribution in [0.4, 0.5) is 20.2 Å². The first kappa shape index (κ1) is 38.5. The van der Waals surface area contributed by atoms with Crippen molar-refractivity contribution in [2.75, 3.05) is 16.6 Å². The van der Waals surface area contributed by atoms with Crippen LogP contribution in [0.3, 0.4) is 0 Å². The Kier molecular flexibility index (Phi) is 10.9. The van der Waals surface area contributed by atoms with Gasteiger partial charge in [-0.15, -0.1) is 0 Å². The third-order valence-electron chi connectivity index (χ3n) is 8.43. The van der Waals surface area contributed by atoms with E-state index in [0.29, 0.717) is 47.7 Å². The Balaban J connectivity index is 1.24. The van der Waals surface area contributed by atoms with E-state index in [1.807, 2.05) is 4.72 Å². The number of sulfonamides is 1. The summed E-state index contributed by atoms with van der Waals surface area (Å²) in [4.78, 5) is 67.0. The number of nitrogens with one attached hydrogen (secondary N) is 3. The van der Waals surface area contributed by atoms with E-state index in [1.54, 1.807) is 27.8 Å². The maximum absolute atomic E-state index is 15.1. The summed E-state index contributed by atoms with van der Waals surface area (Å²) in [6.45, 7) is 5.53. The van der Waals surface area contributed by atoms with Crippen molar-refractivity contribution in [1.29, 1.82) is 0 Å². The number of hydrogen-bond acceptors (Lipinski definition) is 9. The van der Waals surface area contributed by atoms with Crippen LogP contribution in [0.2, 0.25) is 0 Å². The number of amides is 2. The number of halogens is 2. The van der Waals surface area contributed by atoms with Gasteiger partial charge in [0.2, 0.25) is 5.91 Å². The zero-order chi connectivity index (χ0) is 38.8. The highest BCUT2D eigenvalue weighted by molar-refractivity contribution is 7.92. The minimum absolute atomic E-state index is 0.0387. The number of hydrogen-bond donors (Lipinski definition) is 4. The number of carboxylic acid groups (broad SMARTS) is 1. The van der Waals surface area contributed by atoms with E-state index in [0.717, 1.165) is 16.7 Å². The summed E-state index contributed by atoms with van der Waals surface area (Å²) in [7, 11) is -2.89. The van der Waals surface area contributed by atoms with Crippen LogP contribution in [0.15, 0.2) is 69.2 Å². The second-order valence-electron chi connectivity index (χ2n) is 13.3. The summed E-state index contributed by atoms with van der Waals surface area (Å²) in [5, 5.41) is 14.5. The van der Waals surface area contributed by atoms with Gasteiger partial charge in [0.1, 0.15) is 23.5 Å². The van der Waals surface area contributed by atoms with Crippen molar-refractivity contribution in [2.45, 2.75) is 57.6 Å². The zero-order valence-corrected chi connectivity index (χ0v) is 29.8. The molecule has 0 aliphatic carbocycles. The number of anilines is 2. The molecule has 2 amide bonds. The number of carboxylic acids is 1. The summed E-state index contributed by atoms with van der Waals surface area (Å²) in [6, 6.07) is 7.23. The van der Waals surface area contributed by atoms with E-state index in [2.05, 4.69) is 15.6 Å². The molecule has 1 atom stereocenters. The Hall–Kier alpha value is -5.75. The van der Waals surface area contributed by atoms with Gasteiger partial charge >= 0.3 is 11.7 Å². The van der Waals surface area contributed by atoms with Gasteiger partial charge in [0.25, 0.3) is 21.5 Å². The van der Waals surface area contributed by atoms with Gasteiger partial charge in [0.15, 0.2) is 0 Å². The van der Waals surface area contributed by atoms with Crippen molar-refractivity contribution in [3.05, 3.63) is 110 Å². The molecule has 2 aromatic carbocycles. The molecule has 5 rings (SSSR count). The number of ether oxygens (including phenoxy) is 1. The van der Waals surface area contributed by atoms with Crippen molar-refractivity contribution in [2.24, 2.45) is 12.5 Å². The van der Waals surface area contributed by atoms with Crippen LogP contribution in [-0.4, -0.2) is 58.1 Å². The fourth-order valence-electron chi connectivity index (χ4n) is 5.36. The summed E-state index contributed by atoms with van der Waals surface area (Å²) >= 11 is 0. The maximum atomic E-state index is 15.1. The van der Waals surface area contributed by atoms with E-state index in [-0.39, 0.29) is 36.1 Å². The highest BCUT2D eigenvalue weighted by atomic mass is 32.2. The van der Waals surface area contributed by atoms with E-state index in [4.69, 9.17) is 4.74 Å². The molecule has 0 spiro atoms. The summed E-state index contributed by atoms with van der Waals surface area (Å²) < 4.78 is 65.5. The molecule has 4 aromatic rings. The monoisotopic (exact) mass is 754 g/mol. The normalized spacial score (nSPS) is 13.5. The maximum Gasteiger partial charge on any atom is 0.336 e. The predicted molar refractivity (Wildman–Crippen MR) is 187 cm³/mol. The van der Waals surface area contributed by atoms with Gasteiger partial charge in [0.05, 0.1) is 34.9 Å². The van der Waals surface area contributed by atoms with E-state index >= 15 is 8.78 Å². The lowest BCUT2D eigenvalue weighted by Gasteiger charge is -2.20. The molecule has 2 aromatic heterocycles. The molecule has 53 heavy (non-hydrogen) atoms. The highest BCUT2D eigenvalue weighted by Crippen LogP contribution is 2.25. The van der Waals surface area contributed by atoms with Crippen LogP contribution in [0.1, 0.15) is 54.4 Å². The first-order valence-corrected chi connectivity index (χ1v) is 17.7. The van der Waals surface area contributed by atoms with Crippen molar-refractivity contribution >= 4 is 39.2 Å². The molecule has 0 saturated heterocycles. The van der Waals surface area contributed by atoms with Gasteiger partial charge in [-0.3, -0.25) is 23.7 Å². The number of rotatable bonds is 11. The molecule has 4 N–H and O–H groups in total. The smallest absolute Gasteiger partial charge is 0.336 e. The standard InChI is InChI=1S/C35H36F2N6O9S/c1-35(2,3)33(48)39-20-7-9-21(10-8-20)53(50,51)41-27-16-24(36)22(15-25(27)37)30(44)40-26(32(46)47)11-5-19-6-12-29(38-17-19)43-31(45)23-18-52-14-13-28(23)42(4)34(43)49/h6-10,12,15-17,26,41H,5,11,13-14,18H2,1-4H3,(H,39,48)(H,40,44)(H,46,47)/t26-/m0/s1. The first-order valence-electron chi connectivity index (χ1n) is 16.2. The van der Waals surface area contributed by atoms with Crippen molar-refractivity contribution in [3.8, 4) is 5.82 Å². The molecule has 15 nitrogen and oxygen atoms in total. The van der Waals surface area contributed by atoms with Crippen LogP contribution in [0.25, 0.3) is 5.82 Å². The van der Waals surface area contributed by atoms with Gasteiger partial charge in [-0.2, -0.15) is 0 Å². The predicted octanol–water partition coefficient (Wildman–Crippen LogP) is 2.88. The number of fused-ring (bicyclic) bond motifs is 1. The fraction of sp³-hybridized carbons (Fsp3) is 0.314. The highest BCUT2D eigenvalue weighted by Gasteiger charge is 2.26. The van der Waals surface area contributed by atoms with Gasteiger partial charge < -0.3 is 20.5 Å². The topological polar surface area (TPSA) is 208 Å². The molecule has 0 unspecified atom stereocenters. The number of nitrogens with zero attached hydrogens (tertiary/aromatic N) is 3. The molecule has 280 valence electrons. The third kappa shape index (κ3) is 8.49. The number of aryl methyl sites for hydroxylation is 1. The summed E-state index contributed by atoms with van der Waals surface area (Å²) in [5.41, 5.74) is -1.79. The van der Waals surface area contributed by atoms with Crippen LogP contribution in [0.5, 0.6) is 0 Å². The SMILES string of the molecule is Cn1c2c(c(=O)n(-c3ccc(CC[C@H](NC(=O)c4cc(F)c(NS(=O)(=O)c5ccc(NC(=O)C(C)(C)C)cc5)cc4F)C(=O)O)cn3)c1=O)COCC2. The quantitative estimate of drug-likeness (QED) is 0.176. The number of benzene rings is 2. The van der Waals surface area contributed by atoms with Gasteiger partial charge in [-0.1, -0.05) is 26.8 Å². The lowest BCUT2D eigenvalue weighted by molar-refractivity contribution is -0.139. The van der Waals surface area contributed by atoms with Crippen LogP contribution < -0.4 is 26.6 Å². The number of carbonyl (C=O) groups is 3. The van der Waals surface area contributed by atoms with Crippen molar-refractivity contribution in [1.82, 2.24) is 19.4 Å². The van der Waals surface area contributed by atoms with E-state index in [9.17, 15) is 37.5 Å². The van der Waals surface area contributed by atoms with Gasteiger partial charge in [0, 0.05) is 42.5 Å². The van der Waals surface area contributed by atoms with Crippen molar-refractivity contribution < 1.29 is 41.4 Å². The second kappa shape index (κ2) is 15.1. The zero-order valence-electron chi connectivity index (χ0n) is 29.0. The molecule has 1 aliphatic heterocycles. The van der Waals surface area contributed by atoms with E-state index in [1.165, 1.54) is 35.0 Å². The number of aromatic nitrogens is 3. The molecule has 0 bridgehead atoms. The average molecular weight is 755 g/mol.